The molecule has 0 aromatic heterocycles. The Hall–Kier alpha value is -2.85. The summed E-state index contributed by atoms with van der Waals surface area (Å²) >= 11 is 3.54. The Morgan fingerprint density at radius 1 is 1.13 bits per heavy atom. The number of nitrogens with one attached hydrogen (secondary N) is 1. The molecular weight excluding hydrogens is 579 g/mol. The number of anilines is 2. The average molecular weight is 612 g/mol. The third-order valence-corrected chi connectivity index (χ3v) is 10.9. The number of rotatable bonds is 7. The molecule has 2 aliphatic rings. The van der Waals surface area contributed by atoms with E-state index >= 15 is 4.11 Å². The molecule has 2 heterocycles. The van der Waals surface area contributed by atoms with Crippen LogP contribution in [0.4, 0.5) is 15.5 Å². The fourth-order valence-electron chi connectivity index (χ4n) is 6.24. The molecule has 9 heteroatoms. The second-order valence-corrected chi connectivity index (χ2v) is 15.6. The minimum atomic E-state index is -3.24. The van der Waals surface area contributed by atoms with Crippen LogP contribution in [-0.4, -0.2) is 38.0 Å². The predicted octanol–water partition coefficient (Wildman–Crippen LogP) is 6.41. The first kappa shape index (κ1) is 27.7. The van der Waals surface area contributed by atoms with Gasteiger partial charge < -0.3 is 24.2 Å². The fraction of sp³-hybridized carbons (Fsp3) is 0.333. The molecule has 0 aliphatic carbocycles. The SMILES string of the molecule is C[C@H]1[C@H]([Si](C)(C)F)[C@@H](CCO)O[C@]12C(=O)N(Cc1ccc(NC(=O)c3ccccc3)cc1)c1ccc(Br)cc12. The summed E-state index contributed by atoms with van der Waals surface area (Å²) in [5.74, 6) is -0.812. The summed E-state index contributed by atoms with van der Waals surface area (Å²) < 4.78 is 23.0. The standard InChI is InChI=1S/C30H32BrFN2O4Si/c1-19-27(39(2,3)32)26(15-16-35)38-30(19)24-17-22(31)11-14-25(24)34(29(30)37)18-20-9-12-23(13-10-20)33-28(36)21-7-5-4-6-8-21/h4-14,17,19,26-27,35H,15-16,18H2,1-3H3,(H,33,36)/t19-,26+,27-,30+/m0/s1. The molecule has 0 radical (unpaired) electrons. The number of carbonyl (C=O) groups is 2. The highest BCUT2D eigenvalue weighted by molar-refractivity contribution is 9.10. The van der Waals surface area contributed by atoms with Crippen molar-refractivity contribution in [2.75, 3.05) is 16.8 Å². The van der Waals surface area contributed by atoms with Crippen molar-refractivity contribution < 1.29 is 23.5 Å². The molecule has 0 unspecified atom stereocenters. The van der Waals surface area contributed by atoms with E-state index in [4.69, 9.17) is 4.74 Å². The number of hydrogen-bond donors (Lipinski definition) is 2. The van der Waals surface area contributed by atoms with Crippen LogP contribution < -0.4 is 10.2 Å². The van der Waals surface area contributed by atoms with Crippen molar-refractivity contribution in [3.8, 4) is 0 Å². The predicted molar refractivity (Wildman–Crippen MR) is 156 cm³/mol. The Labute approximate surface area is 237 Å². The van der Waals surface area contributed by atoms with Crippen LogP contribution in [0.3, 0.4) is 0 Å². The molecule has 2 aliphatic heterocycles. The lowest BCUT2D eigenvalue weighted by molar-refractivity contribution is -0.146. The summed E-state index contributed by atoms with van der Waals surface area (Å²) in [4.78, 5) is 28.5. The highest BCUT2D eigenvalue weighted by Gasteiger charge is 2.66. The van der Waals surface area contributed by atoms with Crippen molar-refractivity contribution in [3.05, 3.63) is 94.0 Å². The van der Waals surface area contributed by atoms with Crippen molar-refractivity contribution in [2.24, 2.45) is 5.92 Å². The molecule has 0 bridgehead atoms. The van der Waals surface area contributed by atoms with E-state index in [-0.39, 0.29) is 24.8 Å². The minimum Gasteiger partial charge on any atom is -0.396 e. The smallest absolute Gasteiger partial charge is 0.264 e. The molecule has 1 saturated heterocycles. The minimum absolute atomic E-state index is 0.134. The molecule has 204 valence electrons. The number of fused-ring (bicyclic) bond motifs is 2. The number of aliphatic hydroxyl groups is 1. The van der Waals surface area contributed by atoms with Crippen LogP contribution in [0, 0.1) is 5.92 Å². The lowest BCUT2D eigenvalue weighted by Gasteiger charge is -2.31. The van der Waals surface area contributed by atoms with E-state index in [0.29, 0.717) is 17.8 Å². The quantitative estimate of drug-likeness (QED) is 0.239. The van der Waals surface area contributed by atoms with E-state index in [1.165, 1.54) is 0 Å². The van der Waals surface area contributed by atoms with E-state index in [0.717, 1.165) is 21.3 Å². The van der Waals surface area contributed by atoms with Gasteiger partial charge in [-0.15, -0.1) is 0 Å². The Morgan fingerprint density at radius 2 is 1.82 bits per heavy atom. The van der Waals surface area contributed by atoms with E-state index < -0.39 is 31.6 Å². The zero-order valence-corrected chi connectivity index (χ0v) is 24.7. The molecular formula is C30H32BrFN2O4Si. The van der Waals surface area contributed by atoms with Gasteiger partial charge in [-0.1, -0.05) is 53.2 Å². The molecule has 3 aromatic rings. The Bertz CT molecular complexity index is 1380. The third-order valence-electron chi connectivity index (χ3n) is 7.92. The van der Waals surface area contributed by atoms with Crippen molar-refractivity contribution in [3.63, 3.8) is 0 Å². The molecule has 3 aromatic carbocycles. The van der Waals surface area contributed by atoms with Gasteiger partial charge in [0.1, 0.15) is 0 Å². The zero-order valence-electron chi connectivity index (χ0n) is 22.2. The van der Waals surface area contributed by atoms with Gasteiger partial charge in [0, 0.05) is 39.4 Å². The van der Waals surface area contributed by atoms with Gasteiger partial charge in [-0.05, 0) is 67.5 Å². The van der Waals surface area contributed by atoms with Gasteiger partial charge in [0.2, 0.25) is 8.41 Å². The van der Waals surface area contributed by atoms with Crippen LogP contribution in [0.25, 0.3) is 0 Å². The van der Waals surface area contributed by atoms with Gasteiger partial charge in [-0.3, -0.25) is 9.59 Å². The van der Waals surface area contributed by atoms with Crippen molar-refractivity contribution >= 4 is 47.5 Å². The highest BCUT2D eigenvalue weighted by Crippen LogP contribution is 2.60. The Balaban J connectivity index is 1.43. The van der Waals surface area contributed by atoms with Gasteiger partial charge in [-0.2, -0.15) is 0 Å². The van der Waals surface area contributed by atoms with Crippen LogP contribution in [-0.2, 0) is 21.7 Å². The van der Waals surface area contributed by atoms with Crippen LogP contribution in [0.1, 0.15) is 34.8 Å². The van der Waals surface area contributed by atoms with Gasteiger partial charge in [0.15, 0.2) is 5.60 Å². The van der Waals surface area contributed by atoms with Crippen molar-refractivity contribution in [1.82, 2.24) is 0 Å². The molecule has 0 saturated carbocycles. The number of aliphatic hydroxyl groups excluding tert-OH is 1. The maximum absolute atomic E-state index is 15.6. The molecule has 5 rings (SSSR count). The number of halogens is 2. The molecule has 1 fully saturated rings. The lowest BCUT2D eigenvalue weighted by atomic mass is 9.82. The molecule has 1 spiro atoms. The summed E-state index contributed by atoms with van der Waals surface area (Å²) in [6.07, 6.45) is -0.260. The van der Waals surface area contributed by atoms with E-state index in [9.17, 15) is 14.7 Å². The molecule has 39 heavy (non-hydrogen) atoms. The molecule has 6 nitrogen and oxygen atoms in total. The number of carbonyl (C=O) groups excluding carboxylic acids is 2. The van der Waals surface area contributed by atoms with Crippen LogP contribution in [0.15, 0.2) is 77.3 Å². The molecule has 2 N–H and O–H groups in total. The number of amides is 2. The largest absolute Gasteiger partial charge is 0.396 e. The van der Waals surface area contributed by atoms with Gasteiger partial charge >= 0.3 is 0 Å². The lowest BCUT2D eigenvalue weighted by Crippen LogP contribution is -2.45. The normalized spacial score (nSPS) is 24.3. The first-order valence-electron chi connectivity index (χ1n) is 13.1. The first-order valence-corrected chi connectivity index (χ1v) is 16.9. The number of nitrogens with zero attached hydrogens (tertiary/aromatic N) is 1. The maximum atomic E-state index is 15.6. The average Bonchev–Trinajstić information content (AvgIpc) is 3.32. The second kappa shape index (κ2) is 10.6. The number of ether oxygens (including phenoxy) is 1. The summed E-state index contributed by atoms with van der Waals surface area (Å²) in [5.41, 5.74) is 1.81. The summed E-state index contributed by atoms with van der Waals surface area (Å²) in [7, 11) is -3.24. The number of benzene rings is 3. The van der Waals surface area contributed by atoms with Crippen molar-refractivity contribution in [2.45, 2.75) is 50.2 Å². The second-order valence-electron chi connectivity index (χ2n) is 10.9. The van der Waals surface area contributed by atoms with Crippen LogP contribution in [0.5, 0.6) is 0 Å². The van der Waals surface area contributed by atoms with Gasteiger partial charge in [-0.25, -0.2) is 0 Å². The topological polar surface area (TPSA) is 78.9 Å². The molecule has 2 amide bonds. The fourth-order valence-corrected chi connectivity index (χ4v) is 9.15. The number of hydrogen-bond acceptors (Lipinski definition) is 4. The maximum Gasteiger partial charge on any atom is 0.264 e. The van der Waals surface area contributed by atoms with Gasteiger partial charge in [0.05, 0.1) is 18.3 Å². The zero-order chi connectivity index (χ0) is 27.9. The van der Waals surface area contributed by atoms with E-state index in [1.54, 1.807) is 30.1 Å². The van der Waals surface area contributed by atoms with Crippen molar-refractivity contribution in [1.29, 1.82) is 0 Å². The summed E-state index contributed by atoms with van der Waals surface area (Å²) in [5, 5.41) is 12.6. The van der Waals surface area contributed by atoms with Crippen LogP contribution >= 0.6 is 15.9 Å². The monoisotopic (exact) mass is 610 g/mol. The van der Waals surface area contributed by atoms with E-state index in [2.05, 4.69) is 21.2 Å². The Morgan fingerprint density at radius 3 is 2.46 bits per heavy atom. The first-order chi connectivity index (χ1) is 18.6. The third kappa shape index (κ3) is 4.97. The Kier molecular flexibility index (Phi) is 7.54. The van der Waals surface area contributed by atoms with Crippen LogP contribution in [0.2, 0.25) is 18.6 Å². The summed E-state index contributed by atoms with van der Waals surface area (Å²) in [6, 6.07) is 22.1. The van der Waals surface area contributed by atoms with Gasteiger partial charge in [0.25, 0.3) is 11.8 Å². The summed E-state index contributed by atoms with van der Waals surface area (Å²) in [6.45, 7) is 5.37. The van der Waals surface area contributed by atoms with E-state index in [1.807, 2.05) is 67.6 Å². The molecule has 4 atom stereocenters. The highest BCUT2D eigenvalue weighted by atomic mass is 79.9.